The monoisotopic (exact) mass is 770 g/mol. The van der Waals surface area contributed by atoms with Crippen LogP contribution >= 0.6 is 0 Å². The van der Waals surface area contributed by atoms with Gasteiger partial charge in [-0.15, -0.1) is 0 Å². The molecule has 0 saturated carbocycles. The molecular weight excluding hydrogens is 737 g/mol. The summed E-state index contributed by atoms with van der Waals surface area (Å²) in [6, 6.07) is 66.5. The molecule has 0 N–H and O–H groups in total. The standard InChI is InChI=1S/C54H34N4O2/c59-53-27-29-55(47-16-6-4-14-44(47)53)39-31-36(32-40(33-39)56-30-28-54(60)45-15-5-7-17-48(45)56)35-21-23-37(24-22-35)57-51-20-10-3-13-43(51)46-34-38(25-26-52(46)57)58-49-18-8-1-11-41(49)42-12-2-9-19-50(42)58/h1-34H. The molecule has 12 aromatic rings. The highest BCUT2D eigenvalue weighted by molar-refractivity contribution is 6.12. The average Bonchev–Trinajstić information content (AvgIpc) is 3.82. The smallest absolute Gasteiger partial charge is 0.189 e. The van der Waals surface area contributed by atoms with E-state index in [0.29, 0.717) is 10.8 Å². The minimum Gasteiger partial charge on any atom is -0.316 e. The zero-order valence-electron chi connectivity index (χ0n) is 32.2. The summed E-state index contributed by atoms with van der Waals surface area (Å²) >= 11 is 0. The summed E-state index contributed by atoms with van der Waals surface area (Å²) in [6.45, 7) is 0. The maximum Gasteiger partial charge on any atom is 0.189 e. The third-order valence-electron chi connectivity index (χ3n) is 12.0. The number of pyridine rings is 2. The van der Waals surface area contributed by atoms with E-state index in [1.54, 1.807) is 12.1 Å². The molecule has 6 nitrogen and oxygen atoms in total. The Kier molecular flexibility index (Phi) is 7.43. The van der Waals surface area contributed by atoms with Crippen LogP contribution in [-0.2, 0) is 0 Å². The Labute approximate surface area is 343 Å². The topological polar surface area (TPSA) is 53.9 Å². The van der Waals surface area contributed by atoms with Crippen molar-refractivity contribution in [2.75, 3.05) is 0 Å². The second-order valence-electron chi connectivity index (χ2n) is 15.3. The molecule has 8 aromatic carbocycles. The quantitative estimate of drug-likeness (QED) is 0.175. The van der Waals surface area contributed by atoms with E-state index in [0.717, 1.165) is 55.9 Å². The zero-order chi connectivity index (χ0) is 39.9. The van der Waals surface area contributed by atoms with Crippen LogP contribution in [0.4, 0.5) is 0 Å². The first-order chi connectivity index (χ1) is 29.6. The van der Waals surface area contributed by atoms with E-state index < -0.39 is 0 Å². The van der Waals surface area contributed by atoms with Crippen molar-refractivity contribution in [3.63, 3.8) is 0 Å². The van der Waals surface area contributed by atoms with Gasteiger partial charge in [0.1, 0.15) is 0 Å². The molecule has 0 unspecified atom stereocenters. The molecule has 282 valence electrons. The average molecular weight is 771 g/mol. The summed E-state index contributed by atoms with van der Waals surface area (Å²) in [6.07, 6.45) is 3.68. The maximum atomic E-state index is 12.9. The van der Waals surface area contributed by atoms with Crippen molar-refractivity contribution in [2.45, 2.75) is 0 Å². The molecule has 12 rings (SSSR count). The van der Waals surface area contributed by atoms with Crippen LogP contribution in [0.3, 0.4) is 0 Å². The van der Waals surface area contributed by atoms with Gasteiger partial charge >= 0.3 is 0 Å². The Morgan fingerprint density at radius 2 is 0.667 bits per heavy atom. The molecule has 0 aliphatic carbocycles. The molecule has 0 atom stereocenters. The van der Waals surface area contributed by atoms with Crippen molar-refractivity contribution in [2.24, 2.45) is 0 Å². The zero-order valence-corrected chi connectivity index (χ0v) is 32.2. The number of para-hydroxylation sites is 5. The van der Waals surface area contributed by atoms with Crippen molar-refractivity contribution in [3.8, 4) is 33.9 Å². The second kappa shape index (κ2) is 13.2. The summed E-state index contributed by atoms with van der Waals surface area (Å²) in [5, 5.41) is 6.17. The van der Waals surface area contributed by atoms with Crippen molar-refractivity contribution in [1.29, 1.82) is 0 Å². The lowest BCUT2D eigenvalue weighted by Gasteiger charge is -2.18. The molecule has 0 bridgehead atoms. The van der Waals surface area contributed by atoms with E-state index in [1.165, 1.54) is 32.6 Å². The Bertz CT molecular complexity index is 3660. The van der Waals surface area contributed by atoms with Crippen LogP contribution in [0.1, 0.15) is 0 Å². The van der Waals surface area contributed by atoms with E-state index in [1.807, 2.05) is 60.9 Å². The molecular formula is C54H34N4O2. The van der Waals surface area contributed by atoms with E-state index in [9.17, 15) is 9.59 Å². The Morgan fingerprint density at radius 1 is 0.267 bits per heavy atom. The van der Waals surface area contributed by atoms with Crippen LogP contribution in [0.2, 0.25) is 0 Å². The third kappa shape index (κ3) is 5.14. The second-order valence-corrected chi connectivity index (χ2v) is 15.3. The predicted octanol–water partition coefficient (Wildman–Crippen LogP) is 12.2. The molecule has 0 aliphatic heterocycles. The van der Waals surface area contributed by atoms with Gasteiger partial charge in [0.05, 0.1) is 33.1 Å². The first-order valence-electron chi connectivity index (χ1n) is 20.1. The molecule has 6 heteroatoms. The van der Waals surface area contributed by atoms with Crippen molar-refractivity contribution in [1.82, 2.24) is 18.3 Å². The van der Waals surface area contributed by atoms with E-state index >= 15 is 0 Å². The van der Waals surface area contributed by atoms with Gasteiger partial charge < -0.3 is 18.3 Å². The van der Waals surface area contributed by atoms with Crippen LogP contribution in [0, 0.1) is 0 Å². The number of hydrogen-bond acceptors (Lipinski definition) is 2. The van der Waals surface area contributed by atoms with E-state index in [4.69, 9.17) is 0 Å². The third-order valence-corrected chi connectivity index (χ3v) is 12.0. The largest absolute Gasteiger partial charge is 0.316 e. The van der Waals surface area contributed by atoms with E-state index in [-0.39, 0.29) is 10.9 Å². The molecule has 0 fully saturated rings. The fourth-order valence-corrected chi connectivity index (χ4v) is 9.28. The summed E-state index contributed by atoms with van der Waals surface area (Å²) in [7, 11) is 0. The van der Waals surface area contributed by atoms with Crippen LogP contribution in [0.5, 0.6) is 0 Å². The highest BCUT2D eigenvalue weighted by Crippen LogP contribution is 2.38. The number of fused-ring (bicyclic) bond motifs is 8. The van der Waals surface area contributed by atoms with Crippen LogP contribution in [0.25, 0.3) is 99.3 Å². The van der Waals surface area contributed by atoms with Gasteiger partial charge in [0, 0.05) is 79.6 Å². The van der Waals surface area contributed by atoms with Gasteiger partial charge in [0.25, 0.3) is 0 Å². The molecule has 0 aliphatic rings. The first-order valence-corrected chi connectivity index (χ1v) is 20.1. The number of aromatic nitrogens is 4. The van der Waals surface area contributed by atoms with Gasteiger partial charge in [-0.05, 0) is 102 Å². The Morgan fingerprint density at radius 3 is 1.18 bits per heavy atom. The minimum atomic E-state index is -0.0202. The summed E-state index contributed by atoms with van der Waals surface area (Å²) < 4.78 is 8.85. The van der Waals surface area contributed by atoms with Crippen molar-refractivity contribution in [3.05, 3.63) is 227 Å². The maximum absolute atomic E-state index is 12.9. The number of hydrogen-bond donors (Lipinski definition) is 0. The van der Waals surface area contributed by atoms with Crippen molar-refractivity contribution < 1.29 is 0 Å². The highest BCUT2D eigenvalue weighted by atomic mass is 16.1. The number of rotatable bonds is 5. The predicted molar refractivity (Wildman–Crippen MR) is 247 cm³/mol. The van der Waals surface area contributed by atoms with Crippen molar-refractivity contribution >= 4 is 65.4 Å². The lowest BCUT2D eigenvalue weighted by atomic mass is 10.0. The van der Waals surface area contributed by atoms with Gasteiger partial charge in [-0.3, -0.25) is 9.59 Å². The van der Waals surface area contributed by atoms with Gasteiger partial charge in [-0.1, -0.05) is 91.0 Å². The van der Waals surface area contributed by atoms with Crippen LogP contribution in [-0.4, -0.2) is 18.3 Å². The minimum absolute atomic E-state index is 0.0202. The lowest BCUT2D eigenvalue weighted by Crippen LogP contribution is -2.09. The first kappa shape index (κ1) is 33.9. The van der Waals surface area contributed by atoms with E-state index in [2.05, 4.69) is 152 Å². The summed E-state index contributed by atoms with van der Waals surface area (Å²) in [5.74, 6) is 0. The fraction of sp³-hybridized carbons (Fsp3) is 0. The van der Waals surface area contributed by atoms with Crippen LogP contribution in [0.15, 0.2) is 216 Å². The summed E-state index contributed by atoms with van der Waals surface area (Å²) in [5.41, 5.74) is 12.3. The lowest BCUT2D eigenvalue weighted by molar-refractivity contribution is 1.06. The molecule has 4 heterocycles. The number of nitrogens with zero attached hydrogens (tertiary/aromatic N) is 4. The van der Waals surface area contributed by atoms with Crippen LogP contribution < -0.4 is 10.9 Å². The fourth-order valence-electron chi connectivity index (χ4n) is 9.28. The van der Waals surface area contributed by atoms with Gasteiger partial charge in [0.2, 0.25) is 0 Å². The number of benzene rings is 8. The molecule has 0 spiro atoms. The Balaban J connectivity index is 1.02. The molecule has 60 heavy (non-hydrogen) atoms. The molecule has 0 amide bonds. The molecule has 0 radical (unpaired) electrons. The molecule has 4 aromatic heterocycles. The van der Waals surface area contributed by atoms with Gasteiger partial charge in [-0.25, -0.2) is 0 Å². The molecule has 0 saturated heterocycles. The highest BCUT2D eigenvalue weighted by Gasteiger charge is 2.17. The summed E-state index contributed by atoms with van der Waals surface area (Å²) in [4.78, 5) is 25.9. The SMILES string of the molecule is O=c1ccn(-c2cc(-c3ccc(-n4c5ccccc5c5cc(-n6c7ccccc7c7ccccc76)ccc54)cc3)cc(-n3ccc(=O)c4ccccc43)c2)c2ccccc12. The van der Waals surface area contributed by atoms with Gasteiger partial charge in [-0.2, -0.15) is 0 Å². The Hall–Kier alpha value is -8.22. The normalized spacial score (nSPS) is 11.8. The van der Waals surface area contributed by atoms with Gasteiger partial charge in [0.15, 0.2) is 10.9 Å².